The van der Waals surface area contributed by atoms with Gasteiger partial charge in [0.2, 0.25) is 5.88 Å². The monoisotopic (exact) mass is 523 g/mol. The van der Waals surface area contributed by atoms with E-state index in [1.807, 2.05) is 4.90 Å². The van der Waals surface area contributed by atoms with E-state index in [2.05, 4.69) is 15.6 Å². The third kappa shape index (κ3) is 5.37. The predicted molar refractivity (Wildman–Crippen MR) is 132 cm³/mol. The quantitative estimate of drug-likeness (QED) is 0.441. The molecular formula is C24H29F4N7O2. The zero-order valence-electron chi connectivity index (χ0n) is 20.0. The molecule has 3 aliphatic heterocycles. The molecule has 200 valence electrons. The number of piperidine rings is 1. The molecule has 37 heavy (non-hydrogen) atoms. The summed E-state index contributed by atoms with van der Waals surface area (Å²) in [6, 6.07) is 0.873. The SMILES string of the molecule is Nc1oc2c(c1C(=O)Nc1cnccc1N1C[C@@H](N)C[C@@H](C(F)(F)F)C1)NCC(CN1CC[C@@H](F)C1)=C2. The topological polar surface area (TPSA) is 126 Å². The number of hydrogen-bond donors (Lipinski definition) is 4. The van der Waals surface area contributed by atoms with E-state index in [9.17, 15) is 22.4 Å². The van der Waals surface area contributed by atoms with Crippen molar-refractivity contribution in [3.8, 4) is 0 Å². The zero-order chi connectivity index (χ0) is 26.3. The van der Waals surface area contributed by atoms with Gasteiger partial charge < -0.3 is 31.4 Å². The third-order valence-electron chi connectivity index (χ3n) is 6.99. The van der Waals surface area contributed by atoms with Crippen molar-refractivity contribution in [2.24, 2.45) is 11.7 Å². The van der Waals surface area contributed by atoms with Gasteiger partial charge in [0.15, 0.2) is 5.76 Å². The first-order valence-electron chi connectivity index (χ1n) is 12.1. The van der Waals surface area contributed by atoms with Gasteiger partial charge in [0.05, 0.1) is 29.2 Å². The lowest BCUT2D eigenvalue weighted by Gasteiger charge is -2.39. The highest BCUT2D eigenvalue weighted by molar-refractivity contribution is 6.13. The molecule has 0 aromatic carbocycles. The van der Waals surface area contributed by atoms with Gasteiger partial charge in [-0.2, -0.15) is 13.2 Å². The van der Waals surface area contributed by atoms with Crippen LogP contribution in [-0.4, -0.2) is 73.4 Å². The Morgan fingerprint density at radius 2 is 2.11 bits per heavy atom. The van der Waals surface area contributed by atoms with Crippen molar-refractivity contribution in [3.05, 3.63) is 35.4 Å². The number of amides is 1. The minimum absolute atomic E-state index is 0.0913. The molecule has 0 unspecified atom stereocenters. The molecule has 3 atom stereocenters. The second kappa shape index (κ2) is 9.86. The number of rotatable bonds is 5. The summed E-state index contributed by atoms with van der Waals surface area (Å²) in [7, 11) is 0. The highest BCUT2D eigenvalue weighted by atomic mass is 19.4. The van der Waals surface area contributed by atoms with E-state index < -0.39 is 30.2 Å². The Bertz CT molecular complexity index is 1200. The van der Waals surface area contributed by atoms with Crippen LogP contribution in [0.2, 0.25) is 0 Å². The van der Waals surface area contributed by atoms with Crippen molar-refractivity contribution in [2.45, 2.75) is 31.2 Å². The maximum absolute atomic E-state index is 13.5. The molecule has 5 heterocycles. The van der Waals surface area contributed by atoms with Gasteiger partial charge in [-0.3, -0.25) is 14.7 Å². The lowest BCUT2D eigenvalue weighted by Crippen LogP contribution is -2.51. The number of nitrogens with one attached hydrogen (secondary N) is 2. The number of aromatic nitrogens is 1. The first-order chi connectivity index (χ1) is 17.6. The van der Waals surface area contributed by atoms with Crippen LogP contribution in [0.15, 0.2) is 28.5 Å². The van der Waals surface area contributed by atoms with E-state index in [1.54, 1.807) is 12.1 Å². The Balaban J connectivity index is 1.34. The summed E-state index contributed by atoms with van der Waals surface area (Å²) in [6.07, 6.45) is -0.221. The number of carbonyl (C=O) groups is 1. The molecule has 0 aliphatic carbocycles. The summed E-state index contributed by atoms with van der Waals surface area (Å²) in [5.41, 5.74) is 14.1. The van der Waals surface area contributed by atoms with Crippen LogP contribution >= 0.6 is 0 Å². The summed E-state index contributed by atoms with van der Waals surface area (Å²) in [5, 5.41) is 5.90. The van der Waals surface area contributed by atoms with Gasteiger partial charge in [-0.25, -0.2) is 4.39 Å². The molecule has 13 heteroatoms. The fourth-order valence-electron chi connectivity index (χ4n) is 5.24. The smallest absolute Gasteiger partial charge is 0.393 e. The number of hydrogen-bond acceptors (Lipinski definition) is 8. The molecule has 0 saturated carbocycles. The fraction of sp³-hybridized carbons (Fsp3) is 0.500. The fourth-order valence-corrected chi connectivity index (χ4v) is 5.24. The third-order valence-corrected chi connectivity index (χ3v) is 6.99. The average Bonchev–Trinajstić information content (AvgIpc) is 3.39. The average molecular weight is 524 g/mol. The van der Waals surface area contributed by atoms with Gasteiger partial charge in [0, 0.05) is 51.5 Å². The number of alkyl halides is 4. The maximum atomic E-state index is 13.5. The molecule has 1 amide bonds. The Kier molecular flexibility index (Phi) is 6.75. The van der Waals surface area contributed by atoms with Gasteiger partial charge >= 0.3 is 6.18 Å². The Hall–Kier alpha value is -3.32. The number of furan rings is 1. The number of nitrogen functional groups attached to an aromatic ring is 1. The van der Waals surface area contributed by atoms with Gasteiger partial charge in [-0.15, -0.1) is 0 Å². The van der Waals surface area contributed by atoms with E-state index in [4.69, 9.17) is 15.9 Å². The van der Waals surface area contributed by atoms with Crippen molar-refractivity contribution >= 4 is 34.9 Å². The van der Waals surface area contributed by atoms with E-state index in [-0.39, 0.29) is 36.6 Å². The molecule has 2 saturated heterocycles. The molecule has 5 rings (SSSR count). The van der Waals surface area contributed by atoms with Crippen LogP contribution in [0, 0.1) is 5.92 Å². The molecule has 0 spiro atoms. The zero-order valence-corrected chi connectivity index (χ0v) is 20.0. The summed E-state index contributed by atoms with van der Waals surface area (Å²) in [4.78, 5) is 20.8. The van der Waals surface area contributed by atoms with Crippen LogP contribution in [0.4, 0.5) is 40.5 Å². The van der Waals surface area contributed by atoms with E-state index in [0.29, 0.717) is 49.7 Å². The van der Waals surface area contributed by atoms with Gasteiger partial charge in [-0.05, 0) is 30.6 Å². The number of anilines is 4. The number of nitrogens with two attached hydrogens (primary N) is 2. The van der Waals surface area contributed by atoms with Gasteiger partial charge in [0.1, 0.15) is 11.7 Å². The first-order valence-corrected chi connectivity index (χ1v) is 12.1. The predicted octanol–water partition coefficient (Wildman–Crippen LogP) is 3.08. The molecule has 2 aromatic rings. The number of pyridine rings is 1. The molecule has 2 aromatic heterocycles. The number of halogens is 4. The Morgan fingerprint density at radius 3 is 2.84 bits per heavy atom. The second-order valence-corrected chi connectivity index (χ2v) is 9.84. The first kappa shape index (κ1) is 25.3. The molecule has 0 bridgehead atoms. The molecule has 2 fully saturated rings. The van der Waals surface area contributed by atoms with Crippen molar-refractivity contribution in [3.63, 3.8) is 0 Å². The lowest BCUT2D eigenvalue weighted by atomic mass is 9.93. The van der Waals surface area contributed by atoms with Crippen LogP contribution in [0.3, 0.4) is 0 Å². The van der Waals surface area contributed by atoms with E-state index in [1.165, 1.54) is 17.3 Å². The van der Waals surface area contributed by atoms with Crippen molar-refractivity contribution in [2.75, 3.05) is 60.5 Å². The normalized spacial score (nSPS) is 24.4. The lowest BCUT2D eigenvalue weighted by molar-refractivity contribution is -0.177. The summed E-state index contributed by atoms with van der Waals surface area (Å²) in [5.74, 6) is -1.87. The van der Waals surface area contributed by atoms with Gasteiger partial charge in [-0.1, -0.05) is 0 Å². The van der Waals surface area contributed by atoms with Crippen LogP contribution in [0.25, 0.3) is 6.08 Å². The largest absolute Gasteiger partial charge is 0.438 e. The number of nitrogens with zero attached hydrogens (tertiary/aromatic N) is 3. The summed E-state index contributed by atoms with van der Waals surface area (Å²) >= 11 is 0. The second-order valence-electron chi connectivity index (χ2n) is 9.84. The summed E-state index contributed by atoms with van der Waals surface area (Å²) in [6.45, 7) is 2.00. The molecular weight excluding hydrogens is 494 g/mol. The van der Waals surface area contributed by atoms with Crippen molar-refractivity contribution in [1.29, 1.82) is 0 Å². The summed E-state index contributed by atoms with van der Waals surface area (Å²) < 4.78 is 59.5. The van der Waals surface area contributed by atoms with Crippen molar-refractivity contribution in [1.82, 2.24) is 9.88 Å². The Labute approximate surface area is 210 Å². The molecule has 3 aliphatic rings. The van der Waals surface area contributed by atoms with E-state index in [0.717, 1.165) is 5.57 Å². The van der Waals surface area contributed by atoms with Gasteiger partial charge in [0.25, 0.3) is 5.91 Å². The standard InChI is InChI=1S/C24H29F4N7O2/c25-15-2-4-34(11-15)9-13-5-19-21(32-7-13)20(22(30)37-19)23(36)33-17-8-31-3-1-18(17)35-10-14(24(26,27)28)6-16(29)12-35/h1,3,5,8,14-16,32H,2,4,6-7,9-12,29-30H2,(H,33,36)/t14-,15-,16+/m1/s1. The van der Waals surface area contributed by atoms with Crippen LogP contribution in [0.5, 0.6) is 0 Å². The van der Waals surface area contributed by atoms with E-state index >= 15 is 0 Å². The molecule has 6 N–H and O–H groups in total. The highest BCUT2D eigenvalue weighted by Crippen LogP contribution is 2.38. The minimum atomic E-state index is -4.38. The maximum Gasteiger partial charge on any atom is 0.393 e. The van der Waals surface area contributed by atoms with Crippen LogP contribution < -0.4 is 27.0 Å². The van der Waals surface area contributed by atoms with Crippen LogP contribution in [-0.2, 0) is 0 Å². The highest BCUT2D eigenvalue weighted by Gasteiger charge is 2.44. The van der Waals surface area contributed by atoms with Crippen molar-refractivity contribution < 1.29 is 26.8 Å². The molecule has 0 radical (unpaired) electrons. The molecule has 9 nitrogen and oxygen atoms in total. The van der Waals surface area contributed by atoms with Crippen LogP contribution in [0.1, 0.15) is 29.0 Å². The number of fused-ring (bicyclic) bond motifs is 1. The minimum Gasteiger partial charge on any atom is -0.438 e. The number of likely N-dealkylation sites (tertiary alicyclic amines) is 1. The Morgan fingerprint density at radius 1 is 1.30 bits per heavy atom. The number of carbonyl (C=O) groups excluding carboxylic acids is 1.